The van der Waals surface area contributed by atoms with Gasteiger partial charge >= 0.3 is 10.1 Å². The Morgan fingerprint density at radius 2 is 1.45 bits per heavy atom. The first-order valence-electron chi connectivity index (χ1n) is 11.2. The Balaban J connectivity index is 1.54. The summed E-state index contributed by atoms with van der Waals surface area (Å²) in [6.45, 7) is 0. The summed E-state index contributed by atoms with van der Waals surface area (Å²) in [6, 6.07) is 28.6. The minimum absolute atomic E-state index is 0.0185. The van der Waals surface area contributed by atoms with Gasteiger partial charge in [0.25, 0.3) is 5.91 Å². The van der Waals surface area contributed by atoms with Crippen LogP contribution in [0.2, 0.25) is 10.0 Å². The molecule has 0 atom stereocenters. The highest BCUT2D eigenvalue weighted by molar-refractivity contribution is 8.19. The van der Waals surface area contributed by atoms with Crippen LogP contribution in [-0.4, -0.2) is 19.5 Å². The first-order chi connectivity index (χ1) is 18.3. The smallest absolute Gasteiger partial charge is 0.339 e. The van der Waals surface area contributed by atoms with Crippen molar-refractivity contribution in [3.8, 4) is 5.75 Å². The molecule has 1 aliphatic rings. The highest BCUT2D eigenvalue weighted by atomic mass is 35.5. The van der Waals surface area contributed by atoms with Crippen LogP contribution in [0.3, 0.4) is 0 Å². The predicted molar refractivity (Wildman–Crippen MR) is 154 cm³/mol. The zero-order valence-corrected chi connectivity index (χ0v) is 22.6. The van der Waals surface area contributed by atoms with Crippen molar-refractivity contribution in [2.45, 2.75) is 4.90 Å². The lowest BCUT2D eigenvalue weighted by Gasteiger charge is -2.15. The number of aliphatic imine (C=N–C) groups is 1. The van der Waals surface area contributed by atoms with Crippen LogP contribution in [0.4, 0.5) is 11.4 Å². The summed E-state index contributed by atoms with van der Waals surface area (Å²) in [4.78, 5) is 20.1. The predicted octanol–water partition coefficient (Wildman–Crippen LogP) is 7.57. The van der Waals surface area contributed by atoms with Gasteiger partial charge < -0.3 is 4.18 Å². The minimum atomic E-state index is -4.17. The summed E-state index contributed by atoms with van der Waals surface area (Å²) < 4.78 is 31.3. The van der Waals surface area contributed by atoms with Crippen LogP contribution in [0.5, 0.6) is 5.75 Å². The van der Waals surface area contributed by atoms with Crippen LogP contribution < -0.4 is 9.08 Å². The number of hydrogen-bond donors (Lipinski definition) is 0. The number of benzene rings is 4. The van der Waals surface area contributed by atoms with E-state index < -0.39 is 10.1 Å². The van der Waals surface area contributed by atoms with E-state index in [1.165, 1.54) is 59.1 Å². The molecule has 0 unspecified atom stereocenters. The molecule has 1 saturated heterocycles. The van der Waals surface area contributed by atoms with Gasteiger partial charge in [0.2, 0.25) is 0 Å². The van der Waals surface area contributed by atoms with Crippen molar-refractivity contribution in [3.05, 3.63) is 124 Å². The van der Waals surface area contributed by atoms with Gasteiger partial charge in [-0.1, -0.05) is 59.6 Å². The molecule has 6 nitrogen and oxygen atoms in total. The zero-order chi connectivity index (χ0) is 26.7. The molecule has 0 saturated carbocycles. The first-order valence-corrected chi connectivity index (χ1v) is 14.2. The van der Waals surface area contributed by atoms with Crippen molar-refractivity contribution < 1.29 is 17.4 Å². The topological polar surface area (TPSA) is 76.0 Å². The molecule has 1 heterocycles. The number of carbonyl (C=O) groups excluding carboxylic acids is 1. The molecule has 0 radical (unpaired) electrons. The molecule has 4 aromatic carbocycles. The lowest BCUT2D eigenvalue weighted by atomic mass is 10.2. The second-order valence-corrected chi connectivity index (χ2v) is 11.4. The van der Waals surface area contributed by atoms with Crippen molar-refractivity contribution in [1.82, 2.24) is 0 Å². The number of nitrogens with zero attached hydrogens (tertiary/aromatic N) is 2. The van der Waals surface area contributed by atoms with E-state index >= 15 is 0 Å². The lowest BCUT2D eigenvalue weighted by molar-refractivity contribution is -0.113. The second kappa shape index (κ2) is 11.0. The summed E-state index contributed by atoms with van der Waals surface area (Å²) in [7, 11) is -4.17. The van der Waals surface area contributed by atoms with Crippen molar-refractivity contribution in [1.29, 1.82) is 0 Å². The lowest BCUT2D eigenvalue weighted by Crippen LogP contribution is -2.28. The van der Waals surface area contributed by atoms with Gasteiger partial charge in [-0.15, -0.1) is 0 Å². The Bertz CT molecular complexity index is 1660. The van der Waals surface area contributed by atoms with Gasteiger partial charge in [-0.05, 0) is 84.6 Å². The van der Waals surface area contributed by atoms with Crippen LogP contribution in [0.15, 0.2) is 118 Å². The Morgan fingerprint density at radius 3 is 2.13 bits per heavy atom. The third kappa shape index (κ3) is 5.79. The number of carbonyl (C=O) groups is 1. The SMILES string of the molecule is O=C1/C(=C\c2cc(Cl)ccc2OS(=O)(=O)c2ccc(Cl)cc2)SC(=Nc2ccccc2)N1c1ccccc1. The molecule has 190 valence electrons. The Labute approximate surface area is 234 Å². The number of rotatable bonds is 6. The summed E-state index contributed by atoms with van der Waals surface area (Å²) >= 11 is 13.3. The Morgan fingerprint density at radius 1 is 0.816 bits per heavy atom. The van der Waals surface area contributed by atoms with Gasteiger partial charge in [-0.2, -0.15) is 8.42 Å². The largest absolute Gasteiger partial charge is 0.378 e. The van der Waals surface area contributed by atoms with E-state index in [1.807, 2.05) is 60.7 Å². The maximum Gasteiger partial charge on any atom is 0.339 e. The van der Waals surface area contributed by atoms with E-state index in [0.29, 0.717) is 37.1 Å². The fourth-order valence-electron chi connectivity index (χ4n) is 3.58. The maximum atomic E-state index is 13.6. The average Bonchev–Trinajstić information content (AvgIpc) is 3.21. The second-order valence-electron chi connectivity index (χ2n) is 7.99. The van der Waals surface area contributed by atoms with Gasteiger partial charge in [-0.25, -0.2) is 4.99 Å². The monoisotopic (exact) mass is 580 g/mol. The Hall–Kier alpha value is -3.56. The average molecular weight is 582 g/mol. The van der Waals surface area contributed by atoms with Crippen molar-refractivity contribution in [2.75, 3.05) is 4.90 Å². The number of thioether (sulfide) groups is 1. The van der Waals surface area contributed by atoms with Crippen LogP contribution in [0.1, 0.15) is 5.56 Å². The maximum absolute atomic E-state index is 13.6. The van der Waals surface area contributed by atoms with E-state index in [0.717, 1.165) is 0 Å². The van der Waals surface area contributed by atoms with E-state index in [1.54, 1.807) is 6.08 Å². The fourth-order valence-corrected chi connectivity index (χ4v) is 5.84. The molecule has 0 spiro atoms. The van der Waals surface area contributed by atoms with Crippen molar-refractivity contribution in [2.24, 2.45) is 4.99 Å². The van der Waals surface area contributed by atoms with E-state index in [9.17, 15) is 13.2 Å². The van der Waals surface area contributed by atoms with Gasteiger partial charge in [0.1, 0.15) is 10.6 Å². The third-order valence-corrected chi connectivity index (χ3v) is 8.07. The van der Waals surface area contributed by atoms with Crippen molar-refractivity contribution >= 4 is 73.6 Å². The molecule has 1 amide bonds. The number of amides is 1. The van der Waals surface area contributed by atoms with Crippen LogP contribution in [-0.2, 0) is 14.9 Å². The number of anilines is 1. The minimum Gasteiger partial charge on any atom is -0.378 e. The quantitative estimate of drug-likeness (QED) is 0.173. The van der Waals surface area contributed by atoms with Crippen LogP contribution in [0, 0.1) is 0 Å². The molecule has 4 aromatic rings. The number of hydrogen-bond acceptors (Lipinski definition) is 6. The molecular formula is C28H18Cl2N2O4S2. The fraction of sp³-hybridized carbons (Fsp3) is 0. The van der Waals surface area contributed by atoms with Crippen molar-refractivity contribution in [3.63, 3.8) is 0 Å². The highest BCUT2D eigenvalue weighted by Crippen LogP contribution is 2.39. The molecule has 5 rings (SSSR count). The molecule has 10 heteroatoms. The summed E-state index contributed by atoms with van der Waals surface area (Å²) in [5.41, 5.74) is 1.65. The van der Waals surface area contributed by atoms with Crippen LogP contribution >= 0.6 is 35.0 Å². The van der Waals surface area contributed by atoms with E-state index in [4.69, 9.17) is 27.4 Å². The van der Waals surface area contributed by atoms with Gasteiger partial charge in [0, 0.05) is 15.6 Å². The number of halogens is 2. The number of para-hydroxylation sites is 2. The van der Waals surface area contributed by atoms with E-state index in [2.05, 4.69) is 4.99 Å². The molecule has 38 heavy (non-hydrogen) atoms. The summed E-state index contributed by atoms with van der Waals surface area (Å²) in [6.07, 6.45) is 1.55. The zero-order valence-electron chi connectivity index (χ0n) is 19.5. The van der Waals surface area contributed by atoms with E-state index in [-0.39, 0.29) is 16.6 Å². The molecule has 1 fully saturated rings. The molecule has 0 N–H and O–H groups in total. The van der Waals surface area contributed by atoms with Gasteiger partial charge in [0.05, 0.1) is 16.3 Å². The van der Waals surface area contributed by atoms with Gasteiger partial charge in [0.15, 0.2) is 5.17 Å². The Kier molecular flexibility index (Phi) is 7.58. The highest BCUT2D eigenvalue weighted by Gasteiger charge is 2.35. The number of amidine groups is 1. The standard InChI is InChI=1S/C28H18Cl2N2O4S2/c29-20-11-14-24(15-12-20)38(34,35)36-25-16-13-21(30)17-19(25)18-26-27(33)32(23-9-5-2-6-10-23)28(37-26)31-22-7-3-1-4-8-22/h1-18H/b26-18+,31-28?. The molecule has 0 aromatic heterocycles. The normalized spacial score (nSPS) is 15.8. The third-order valence-electron chi connectivity index (χ3n) is 5.36. The van der Waals surface area contributed by atoms with Crippen LogP contribution in [0.25, 0.3) is 6.08 Å². The summed E-state index contributed by atoms with van der Waals surface area (Å²) in [5, 5.41) is 1.20. The van der Waals surface area contributed by atoms with Gasteiger partial charge in [-0.3, -0.25) is 9.69 Å². The summed E-state index contributed by atoms with van der Waals surface area (Å²) in [5.74, 6) is -0.299. The molecule has 0 bridgehead atoms. The first kappa shape index (κ1) is 26.1. The molecule has 1 aliphatic heterocycles. The molecule has 0 aliphatic carbocycles. The molecular weight excluding hydrogens is 563 g/mol.